The van der Waals surface area contributed by atoms with Crippen molar-refractivity contribution in [3.8, 4) is 0 Å². The molecule has 1 aliphatic carbocycles. The Morgan fingerprint density at radius 3 is 2.50 bits per heavy atom. The molecule has 1 saturated carbocycles. The molecule has 6 heteroatoms. The number of hydrogen-bond donors (Lipinski definition) is 1. The second kappa shape index (κ2) is 3.91. The third-order valence-electron chi connectivity index (χ3n) is 3.35. The zero-order valence-electron chi connectivity index (χ0n) is 8.83. The summed E-state index contributed by atoms with van der Waals surface area (Å²) in [6.45, 7) is 0.250. The van der Waals surface area contributed by atoms with Crippen LogP contribution < -0.4 is 5.73 Å². The molecule has 0 radical (unpaired) electrons. The molecule has 2 rings (SSSR count). The van der Waals surface area contributed by atoms with Gasteiger partial charge in [0.2, 0.25) is 5.91 Å². The van der Waals surface area contributed by atoms with Crippen LogP contribution in [0.25, 0.3) is 0 Å². The van der Waals surface area contributed by atoms with E-state index in [-0.39, 0.29) is 30.8 Å². The van der Waals surface area contributed by atoms with Gasteiger partial charge in [0, 0.05) is 19.1 Å². The van der Waals surface area contributed by atoms with Crippen LogP contribution in [-0.2, 0) is 4.79 Å². The molecule has 0 aromatic heterocycles. The maximum atomic E-state index is 12.5. The standard InChI is InChI=1S/C10H15F3N2O/c11-10(12,13)6-2-1-3-15(5-6)9(16)7-4-8(7)14/h6-8H,1-5,14H2. The Kier molecular flexibility index (Phi) is 2.86. The summed E-state index contributed by atoms with van der Waals surface area (Å²) in [6.07, 6.45) is -3.02. The molecule has 2 N–H and O–H groups in total. The number of rotatable bonds is 1. The number of hydrogen-bond acceptors (Lipinski definition) is 2. The van der Waals surface area contributed by atoms with Crippen LogP contribution in [0.1, 0.15) is 19.3 Å². The largest absolute Gasteiger partial charge is 0.393 e. The van der Waals surface area contributed by atoms with E-state index in [9.17, 15) is 18.0 Å². The van der Waals surface area contributed by atoms with Crippen LogP contribution in [0.15, 0.2) is 0 Å². The van der Waals surface area contributed by atoms with Gasteiger partial charge in [-0.05, 0) is 19.3 Å². The molecule has 0 aromatic rings. The molecule has 1 heterocycles. The van der Waals surface area contributed by atoms with E-state index in [1.165, 1.54) is 4.90 Å². The van der Waals surface area contributed by atoms with Gasteiger partial charge in [0.15, 0.2) is 0 Å². The van der Waals surface area contributed by atoms with Crippen molar-refractivity contribution in [2.75, 3.05) is 13.1 Å². The lowest BCUT2D eigenvalue weighted by Gasteiger charge is -2.33. The monoisotopic (exact) mass is 236 g/mol. The van der Waals surface area contributed by atoms with Crippen LogP contribution in [0, 0.1) is 11.8 Å². The van der Waals surface area contributed by atoms with Crippen molar-refractivity contribution in [2.45, 2.75) is 31.5 Å². The summed E-state index contributed by atoms with van der Waals surface area (Å²) in [5.74, 6) is -1.78. The fourth-order valence-corrected chi connectivity index (χ4v) is 2.18. The smallest absolute Gasteiger partial charge is 0.342 e. The van der Waals surface area contributed by atoms with Gasteiger partial charge in [-0.2, -0.15) is 13.2 Å². The number of alkyl halides is 3. The maximum absolute atomic E-state index is 12.5. The third kappa shape index (κ3) is 2.31. The zero-order chi connectivity index (χ0) is 11.9. The minimum atomic E-state index is -4.19. The number of carbonyl (C=O) groups is 1. The van der Waals surface area contributed by atoms with E-state index in [1.807, 2.05) is 0 Å². The molecule has 1 saturated heterocycles. The fraction of sp³-hybridized carbons (Fsp3) is 0.900. The molecule has 2 aliphatic rings. The average molecular weight is 236 g/mol. The first kappa shape index (κ1) is 11.7. The average Bonchev–Trinajstić information content (AvgIpc) is 2.93. The highest BCUT2D eigenvalue weighted by Gasteiger charge is 2.47. The Morgan fingerprint density at radius 1 is 1.38 bits per heavy atom. The Balaban J connectivity index is 1.94. The minimum Gasteiger partial charge on any atom is -0.342 e. The zero-order valence-corrected chi connectivity index (χ0v) is 8.83. The summed E-state index contributed by atoms with van der Waals surface area (Å²) >= 11 is 0. The van der Waals surface area contributed by atoms with E-state index < -0.39 is 12.1 Å². The van der Waals surface area contributed by atoms with Crippen LogP contribution >= 0.6 is 0 Å². The number of piperidine rings is 1. The van der Waals surface area contributed by atoms with Gasteiger partial charge in [0.25, 0.3) is 0 Å². The summed E-state index contributed by atoms with van der Waals surface area (Å²) in [5.41, 5.74) is 5.52. The van der Waals surface area contributed by atoms with Gasteiger partial charge in [0.05, 0.1) is 11.8 Å². The van der Waals surface area contributed by atoms with Gasteiger partial charge in [0.1, 0.15) is 0 Å². The molecule has 0 bridgehead atoms. The summed E-state index contributed by atoms with van der Waals surface area (Å²) in [4.78, 5) is 13.1. The first-order chi connectivity index (χ1) is 7.39. The predicted octanol–water partition coefficient (Wildman–Crippen LogP) is 1.13. The van der Waals surface area contributed by atoms with Crippen molar-refractivity contribution in [1.82, 2.24) is 4.90 Å². The molecule has 3 nitrogen and oxygen atoms in total. The highest BCUT2D eigenvalue weighted by Crippen LogP contribution is 2.36. The van der Waals surface area contributed by atoms with Crippen LogP contribution in [0.5, 0.6) is 0 Å². The molecule has 92 valence electrons. The molecular formula is C10H15F3N2O. The van der Waals surface area contributed by atoms with E-state index in [0.29, 0.717) is 19.4 Å². The Hall–Kier alpha value is -0.780. The van der Waals surface area contributed by atoms with Gasteiger partial charge >= 0.3 is 6.18 Å². The van der Waals surface area contributed by atoms with Gasteiger partial charge < -0.3 is 10.6 Å². The number of likely N-dealkylation sites (tertiary alicyclic amines) is 1. The van der Waals surface area contributed by atoms with Crippen molar-refractivity contribution in [3.05, 3.63) is 0 Å². The SMILES string of the molecule is NC1CC1C(=O)N1CCCC(C(F)(F)F)C1. The van der Waals surface area contributed by atoms with Crippen molar-refractivity contribution < 1.29 is 18.0 Å². The van der Waals surface area contributed by atoms with E-state index in [0.717, 1.165) is 0 Å². The molecule has 2 fully saturated rings. The van der Waals surface area contributed by atoms with Crippen molar-refractivity contribution in [1.29, 1.82) is 0 Å². The van der Waals surface area contributed by atoms with Gasteiger partial charge in [-0.15, -0.1) is 0 Å². The topological polar surface area (TPSA) is 46.3 Å². The van der Waals surface area contributed by atoms with Crippen molar-refractivity contribution in [3.63, 3.8) is 0 Å². The quantitative estimate of drug-likeness (QED) is 0.742. The Bertz CT molecular complexity index is 292. The van der Waals surface area contributed by atoms with Gasteiger partial charge in [-0.1, -0.05) is 0 Å². The van der Waals surface area contributed by atoms with E-state index in [4.69, 9.17) is 5.73 Å². The number of amides is 1. The normalized spacial score (nSPS) is 35.0. The molecule has 0 spiro atoms. The number of carbonyl (C=O) groups excluding carboxylic acids is 1. The first-order valence-corrected chi connectivity index (χ1v) is 5.50. The molecule has 3 unspecified atom stereocenters. The molecule has 3 atom stereocenters. The highest BCUT2D eigenvalue weighted by molar-refractivity contribution is 5.82. The van der Waals surface area contributed by atoms with E-state index >= 15 is 0 Å². The van der Waals surface area contributed by atoms with Crippen LogP contribution in [-0.4, -0.2) is 36.1 Å². The fourth-order valence-electron chi connectivity index (χ4n) is 2.18. The summed E-state index contributed by atoms with van der Waals surface area (Å²) in [7, 11) is 0. The van der Waals surface area contributed by atoms with Crippen LogP contribution in [0.2, 0.25) is 0 Å². The van der Waals surface area contributed by atoms with Crippen molar-refractivity contribution in [2.24, 2.45) is 17.6 Å². The molecule has 16 heavy (non-hydrogen) atoms. The number of nitrogens with two attached hydrogens (primary N) is 1. The minimum absolute atomic E-state index is 0.129. The molecular weight excluding hydrogens is 221 g/mol. The lowest BCUT2D eigenvalue weighted by atomic mass is 9.97. The second-order valence-corrected chi connectivity index (χ2v) is 4.67. The van der Waals surface area contributed by atoms with Crippen LogP contribution in [0.3, 0.4) is 0 Å². The van der Waals surface area contributed by atoms with E-state index in [2.05, 4.69) is 0 Å². The van der Waals surface area contributed by atoms with Gasteiger partial charge in [-0.25, -0.2) is 0 Å². The lowest BCUT2D eigenvalue weighted by molar-refractivity contribution is -0.188. The molecule has 0 aromatic carbocycles. The number of halogens is 3. The summed E-state index contributed by atoms with van der Waals surface area (Å²) in [5, 5.41) is 0. The van der Waals surface area contributed by atoms with Gasteiger partial charge in [-0.3, -0.25) is 4.79 Å². The second-order valence-electron chi connectivity index (χ2n) is 4.67. The first-order valence-electron chi connectivity index (χ1n) is 5.50. The molecule has 1 amide bonds. The Morgan fingerprint density at radius 2 is 2.00 bits per heavy atom. The third-order valence-corrected chi connectivity index (χ3v) is 3.35. The predicted molar refractivity (Wildman–Crippen MR) is 51.4 cm³/mol. The summed E-state index contributed by atoms with van der Waals surface area (Å²) < 4.78 is 37.5. The molecule has 1 aliphatic heterocycles. The highest BCUT2D eigenvalue weighted by atomic mass is 19.4. The lowest BCUT2D eigenvalue weighted by Crippen LogP contribution is -2.45. The summed E-state index contributed by atoms with van der Waals surface area (Å²) in [6, 6.07) is -0.140. The van der Waals surface area contributed by atoms with Crippen LogP contribution in [0.4, 0.5) is 13.2 Å². The van der Waals surface area contributed by atoms with Crippen molar-refractivity contribution >= 4 is 5.91 Å². The van der Waals surface area contributed by atoms with E-state index in [1.54, 1.807) is 0 Å². The Labute approximate surface area is 91.8 Å². The number of nitrogens with zero attached hydrogens (tertiary/aromatic N) is 1. The maximum Gasteiger partial charge on any atom is 0.393 e.